The second kappa shape index (κ2) is 9.50. The second-order valence-electron chi connectivity index (χ2n) is 8.05. The molecular weight excluding hydrogens is 430 g/mol. The van der Waals surface area contributed by atoms with Crippen LogP contribution in [0.4, 0.5) is 5.00 Å². The molecule has 1 heterocycles. The lowest BCUT2D eigenvalue weighted by atomic mass is 9.87. The molecule has 2 aromatic carbocycles. The summed E-state index contributed by atoms with van der Waals surface area (Å²) in [6.45, 7) is 6.47. The first-order chi connectivity index (χ1) is 14.7. The molecule has 0 aliphatic carbocycles. The molecule has 0 fully saturated rings. The summed E-state index contributed by atoms with van der Waals surface area (Å²) in [5, 5.41) is 5.66. The summed E-state index contributed by atoms with van der Waals surface area (Å²) < 4.78 is 4.94. The van der Waals surface area contributed by atoms with Gasteiger partial charge < -0.3 is 10.1 Å². The first-order valence-electron chi connectivity index (χ1n) is 9.74. The first kappa shape index (κ1) is 22.8. The Morgan fingerprint density at radius 3 is 2.26 bits per heavy atom. The van der Waals surface area contributed by atoms with E-state index in [2.05, 4.69) is 38.2 Å². The normalized spacial score (nSPS) is 11.5. The van der Waals surface area contributed by atoms with Crippen LogP contribution in [-0.2, 0) is 14.9 Å². The number of carbonyl (C=O) groups is 2. The second-order valence-corrected chi connectivity index (χ2v) is 9.36. The zero-order valence-electron chi connectivity index (χ0n) is 17.9. The third kappa shape index (κ3) is 5.63. The Hall–Kier alpha value is -2.89. The maximum atomic E-state index is 12.5. The van der Waals surface area contributed by atoms with Crippen LogP contribution in [0.1, 0.15) is 42.3 Å². The molecule has 3 rings (SSSR count). The fourth-order valence-corrected chi connectivity index (χ4v) is 4.10. The first-order valence-corrected chi connectivity index (χ1v) is 11.0. The van der Waals surface area contributed by atoms with E-state index in [1.807, 2.05) is 29.6 Å². The van der Waals surface area contributed by atoms with Gasteiger partial charge in [0.05, 0.1) is 7.11 Å². The van der Waals surface area contributed by atoms with E-state index in [1.54, 1.807) is 18.2 Å². The summed E-state index contributed by atoms with van der Waals surface area (Å²) in [7, 11) is 1.32. The van der Waals surface area contributed by atoms with E-state index >= 15 is 0 Å². The molecule has 160 valence electrons. The van der Waals surface area contributed by atoms with Gasteiger partial charge in [-0.3, -0.25) is 4.79 Å². The molecule has 0 radical (unpaired) electrons. The van der Waals surface area contributed by atoms with Crippen molar-refractivity contribution >= 4 is 45.9 Å². The summed E-state index contributed by atoms with van der Waals surface area (Å²) in [6.07, 6.45) is 3.20. The molecule has 0 unspecified atom stereocenters. The molecule has 0 saturated heterocycles. The SMILES string of the molecule is COC(=O)c1c(-c2ccc(Cl)cc2)csc1NC(=O)C=Cc1ccc(C(C)(C)C)cc1. The number of amides is 1. The lowest BCUT2D eigenvalue weighted by molar-refractivity contribution is -0.111. The number of halogens is 1. The highest BCUT2D eigenvalue weighted by Gasteiger charge is 2.22. The molecule has 0 bridgehead atoms. The Kier molecular flexibility index (Phi) is 6.98. The van der Waals surface area contributed by atoms with Crippen molar-refractivity contribution in [3.8, 4) is 11.1 Å². The van der Waals surface area contributed by atoms with Crippen LogP contribution in [0, 0.1) is 0 Å². The summed E-state index contributed by atoms with van der Waals surface area (Å²) in [4.78, 5) is 24.9. The molecule has 0 aliphatic heterocycles. The lowest BCUT2D eigenvalue weighted by Gasteiger charge is -2.18. The standard InChI is InChI=1S/C25H24ClNO3S/c1-25(2,3)18-10-5-16(6-11-18)7-14-21(28)27-23-22(24(29)30-4)20(15-31-23)17-8-12-19(26)13-9-17/h5-15H,1-4H3,(H,27,28). The topological polar surface area (TPSA) is 55.4 Å². The molecule has 31 heavy (non-hydrogen) atoms. The summed E-state index contributed by atoms with van der Waals surface area (Å²) >= 11 is 7.24. The Bertz CT molecular complexity index is 1110. The number of esters is 1. The van der Waals surface area contributed by atoms with Gasteiger partial charge in [-0.2, -0.15) is 0 Å². The van der Waals surface area contributed by atoms with Crippen molar-refractivity contribution < 1.29 is 14.3 Å². The van der Waals surface area contributed by atoms with Crippen LogP contribution in [0.5, 0.6) is 0 Å². The summed E-state index contributed by atoms with van der Waals surface area (Å²) in [6, 6.07) is 15.2. The van der Waals surface area contributed by atoms with E-state index in [-0.39, 0.29) is 11.3 Å². The van der Waals surface area contributed by atoms with Gasteiger partial charge in [-0.05, 0) is 40.3 Å². The van der Waals surface area contributed by atoms with E-state index < -0.39 is 5.97 Å². The molecule has 0 spiro atoms. The number of ether oxygens (including phenoxy) is 1. The molecule has 1 aromatic heterocycles. The van der Waals surface area contributed by atoms with Crippen molar-refractivity contribution in [2.75, 3.05) is 12.4 Å². The lowest BCUT2D eigenvalue weighted by Crippen LogP contribution is -2.11. The van der Waals surface area contributed by atoms with Crippen LogP contribution in [0.15, 0.2) is 60.0 Å². The van der Waals surface area contributed by atoms with E-state index in [0.717, 1.165) is 11.1 Å². The van der Waals surface area contributed by atoms with Gasteiger partial charge in [0, 0.05) is 22.0 Å². The maximum Gasteiger partial charge on any atom is 0.341 e. The molecule has 0 aliphatic rings. The average Bonchev–Trinajstić information content (AvgIpc) is 3.15. The van der Waals surface area contributed by atoms with Crippen LogP contribution >= 0.6 is 22.9 Å². The number of benzene rings is 2. The Labute approximate surface area is 191 Å². The minimum Gasteiger partial charge on any atom is -0.465 e. The van der Waals surface area contributed by atoms with Crippen molar-refractivity contribution in [2.45, 2.75) is 26.2 Å². The predicted octanol–water partition coefficient (Wildman–Crippen LogP) is 6.80. The van der Waals surface area contributed by atoms with Gasteiger partial charge in [-0.15, -0.1) is 11.3 Å². The summed E-state index contributed by atoms with van der Waals surface area (Å²) in [5.41, 5.74) is 4.05. The van der Waals surface area contributed by atoms with Crippen molar-refractivity contribution in [3.63, 3.8) is 0 Å². The predicted molar refractivity (Wildman–Crippen MR) is 129 cm³/mol. The molecule has 4 nitrogen and oxygen atoms in total. The van der Waals surface area contributed by atoms with Gasteiger partial charge in [0.15, 0.2) is 0 Å². The minimum atomic E-state index is -0.511. The van der Waals surface area contributed by atoms with Crippen molar-refractivity contribution in [2.24, 2.45) is 0 Å². The van der Waals surface area contributed by atoms with E-state index in [0.29, 0.717) is 21.2 Å². The van der Waals surface area contributed by atoms with Crippen molar-refractivity contribution in [1.29, 1.82) is 0 Å². The van der Waals surface area contributed by atoms with Crippen molar-refractivity contribution in [3.05, 3.63) is 81.7 Å². The van der Waals surface area contributed by atoms with E-state index in [4.69, 9.17) is 16.3 Å². The van der Waals surface area contributed by atoms with Crippen LogP contribution in [0.3, 0.4) is 0 Å². The average molecular weight is 454 g/mol. The number of hydrogen-bond donors (Lipinski definition) is 1. The number of hydrogen-bond acceptors (Lipinski definition) is 4. The Morgan fingerprint density at radius 2 is 1.68 bits per heavy atom. The fourth-order valence-electron chi connectivity index (χ4n) is 3.02. The van der Waals surface area contributed by atoms with E-state index in [1.165, 1.54) is 30.1 Å². The molecule has 0 atom stereocenters. The van der Waals surface area contributed by atoms with Gasteiger partial charge in [0.25, 0.3) is 0 Å². The number of rotatable bonds is 5. The summed E-state index contributed by atoms with van der Waals surface area (Å²) in [5.74, 6) is -0.835. The monoisotopic (exact) mass is 453 g/mol. The molecule has 1 N–H and O–H groups in total. The third-order valence-electron chi connectivity index (χ3n) is 4.78. The minimum absolute atomic E-state index is 0.0743. The van der Waals surface area contributed by atoms with E-state index in [9.17, 15) is 9.59 Å². The molecule has 0 saturated carbocycles. The number of methoxy groups -OCH3 is 1. The molecule has 6 heteroatoms. The van der Waals surface area contributed by atoms with Crippen LogP contribution in [0.2, 0.25) is 5.02 Å². The molecule has 1 amide bonds. The Morgan fingerprint density at radius 1 is 1.03 bits per heavy atom. The zero-order chi connectivity index (χ0) is 22.6. The van der Waals surface area contributed by atoms with Gasteiger partial charge in [-0.1, -0.05) is 68.8 Å². The number of nitrogens with one attached hydrogen (secondary N) is 1. The smallest absolute Gasteiger partial charge is 0.341 e. The number of thiophene rings is 1. The highest BCUT2D eigenvalue weighted by molar-refractivity contribution is 7.15. The Balaban J connectivity index is 1.80. The zero-order valence-corrected chi connectivity index (χ0v) is 19.4. The largest absolute Gasteiger partial charge is 0.465 e. The maximum absolute atomic E-state index is 12.5. The van der Waals surface area contributed by atoms with Crippen LogP contribution in [0.25, 0.3) is 17.2 Å². The fraction of sp³-hybridized carbons (Fsp3) is 0.200. The van der Waals surface area contributed by atoms with Crippen molar-refractivity contribution in [1.82, 2.24) is 0 Å². The number of anilines is 1. The van der Waals surface area contributed by atoms with Gasteiger partial charge in [0.1, 0.15) is 10.6 Å². The van der Waals surface area contributed by atoms with Gasteiger partial charge in [0.2, 0.25) is 5.91 Å². The van der Waals surface area contributed by atoms with Gasteiger partial charge in [-0.25, -0.2) is 4.79 Å². The quantitative estimate of drug-likeness (QED) is 0.341. The molecular formula is C25H24ClNO3S. The highest BCUT2D eigenvalue weighted by Crippen LogP contribution is 2.36. The third-order valence-corrected chi connectivity index (χ3v) is 5.92. The van der Waals surface area contributed by atoms with Crippen LogP contribution < -0.4 is 5.32 Å². The highest BCUT2D eigenvalue weighted by atomic mass is 35.5. The van der Waals surface area contributed by atoms with Crippen LogP contribution in [-0.4, -0.2) is 19.0 Å². The number of carbonyl (C=O) groups excluding carboxylic acids is 2. The van der Waals surface area contributed by atoms with Gasteiger partial charge >= 0.3 is 5.97 Å². The molecule has 3 aromatic rings.